The smallest absolute Gasteiger partial charge is 0.335 e. The maximum atomic E-state index is 10.9. The average Bonchev–Trinajstić information content (AvgIpc) is 2.28. The van der Waals surface area contributed by atoms with Gasteiger partial charge in [0.15, 0.2) is 0 Å². The fraction of sp³-hybridized carbons (Fsp3) is 0.308. The van der Waals surface area contributed by atoms with Gasteiger partial charge in [0.2, 0.25) is 0 Å². The zero-order valence-electron chi connectivity index (χ0n) is 10.1. The Balaban J connectivity index is 2.66. The number of carboxylic acid groups (broad SMARTS) is 1. The van der Waals surface area contributed by atoms with Crippen LogP contribution in [0.25, 0.3) is 0 Å². The van der Waals surface area contributed by atoms with E-state index in [9.17, 15) is 4.79 Å². The molecule has 1 unspecified atom stereocenters. The SMILES string of the molecule is C=CCOCC(C)Oc1cc(Br)cc(C(=O)O)c1. The van der Waals surface area contributed by atoms with Crippen molar-refractivity contribution in [2.75, 3.05) is 13.2 Å². The van der Waals surface area contributed by atoms with Crippen molar-refractivity contribution in [2.45, 2.75) is 13.0 Å². The van der Waals surface area contributed by atoms with Gasteiger partial charge in [-0.3, -0.25) is 0 Å². The highest BCUT2D eigenvalue weighted by Gasteiger charge is 2.09. The number of ether oxygens (including phenoxy) is 2. The van der Waals surface area contributed by atoms with E-state index in [4.69, 9.17) is 14.6 Å². The van der Waals surface area contributed by atoms with E-state index in [0.717, 1.165) is 0 Å². The Morgan fingerprint density at radius 1 is 1.56 bits per heavy atom. The molecule has 0 radical (unpaired) electrons. The quantitative estimate of drug-likeness (QED) is 0.620. The third kappa shape index (κ3) is 4.89. The van der Waals surface area contributed by atoms with Crippen LogP contribution in [0.15, 0.2) is 35.3 Å². The second-order valence-electron chi connectivity index (χ2n) is 3.74. The molecule has 0 aromatic heterocycles. The van der Waals surface area contributed by atoms with Gasteiger partial charge in [-0.1, -0.05) is 22.0 Å². The topological polar surface area (TPSA) is 55.8 Å². The van der Waals surface area contributed by atoms with Crippen LogP contribution in [-0.2, 0) is 4.74 Å². The molecule has 4 nitrogen and oxygen atoms in total. The minimum atomic E-state index is -0.989. The number of halogens is 1. The van der Waals surface area contributed by atoms with Crippen LogP contribution in [0, 0.1) is 0 Å². The average molecular weight is 315 g/mol. The molecule has 0 bridgehead atoms. The zero-order valence-corrected chi connectivity index (χ0v) is 11.6. The van der Waals surface area contributed by atoms with Gasteiger partial charge >= 0.3 is 5.97 Å². The van der Waals surface area contributed by atoms with Crippen LogP contribution in [0.1, 0.15) is 17.3 Å². The molecule has 5 heteroatoms. The van der Waals surface area contributed by atoms with Gasteiger partial charge < -0.3 is 14.6 Å². The summed E-state index contributed by atoms with van der Waals surface area (Å²) in [6, 6.07) is 4.72. The van der Waals surface area contributed by atoms with Gasteiger partial charge in [-0.25, -0.2) is 4.79 Å². The predicted octanol–water partition coefficient (Wildman–Crippen LogP) is 3.12. The Bertz CT molecular complexity index is 431. The van der Waals surface area contributed by atoms with Crippen LogP contribution in [0.4, 0.5) is 0 Å². The Morgan fingerprint density at radius 3 is 2.89 bits per heavy atom. The van der Waals surface area contributed by atoms with Crippen molar-refractivity contribution >= 4 is 21.9 Å². The first-order valence-electron chi connectivity index (χ1n) is 5.42. The molecule has 0 fully saturated rings. The molecule has 0 spiro atoms. The highest BCUT2D eigenvalue weighted by atomic mass is 79.9. The lowest BCUT2D eigenvalue weighted by atomic mass is 10.2. The molecule has 0 aliphatic rings. The molecule has 0 aliphatic heterocycles. The van der Waals surface area contributed by atoms with E-state index >= 15 is 0 Å². The summed E-state index contributed by atoms with van der Waals surface area (Å²) in [5.74, 6) is -0.492. The summed E-state index contributed by atoms with van der Waals surface area (Å²) in [6.45, 7) is 6.28. The summed E-state index contributed by atoms with van der Waals surface area (Å²) >= 11 is 3.25. The third-order valence-electron chi connectivity index (χ3n) is 2.04. The lowest BCUT2D eigenvalue weighted by molar-refractivity contribution is 0.0687. The lowest BCUT2D eigenvalue weighted by Gasteiger charge is -2.15. The monoisotopic (exact) mass is 314 g/mol. The normalized spacial score (nSPS) is 11.9. The molecular formula is C13H15BrO4. The van der Waals surface area contributed by atoms with Crippen LogP contribution in [-0.4, -0.2) is 30.4 Å². The summed E-state index contributed by atoms with van der Waals surface area (Å²) < 4.78 is 11.5. The van der Waals surface area contributed by atoms with Crippen LogP contribution >= 0.6 is 15.9 Å². The van der Waals surface area contributed by atoms with Gasteiger partial charge in [-0.2, -0.15) is 0 Å². The molecule has 1 N–H and O–H groups in total. The summed E-state index contributed by atoms with van der Waals surface area (Å²) in [6.07, 6.45) is 1.50. The molecule has 98 valence electrons. The lowest BCUT2D eigenvalue weighted by Crippen LogP contribution is -2.19. The Kier molecular flexibility index (Phi) is 5.88. The van der Waals surface area contributed by atoms with Crippen LogP contribution in [0.3, 0.4) is 0 Å². The highest BCUT2D eigenvalue weighted by molar-refractivity contribution is 9.10. The van der Waals surface area contributed by atoms with Crippen LogP contribution in [0.2, 0.25) is 0 Å². The Labute approximate surface area is 114 Å². The highest BCUT2D eigenvalue weighted by Crippen LogP contribution is 2.22. The first kappa shape index (κ1) is 14.7. The van der Waals surface area contributed by atoms with Gasteiger partial charge in [0.05, 0.1) is 18.8 Å². The van der Waals surface area contributed by atoms with Gasteiger partial charge in [0.25, 0.3) is 0 Å². The Hall–Kier alpha value is -1.33. The van der Waals surface area contributed by atoms with E-state index in [2.05, 4.69) is 22.5 Å². The minimum absolute atomic E-state index is 0.166. The first-order chi connectivity index (χ1) is 8.52. The van der Waals surface area contributed by atoms with E-state index in [1.165, 1.54) is 12.1 Å². The van der Waals surface area contributed by atoms with Gasteiger partial charge in [-0.15, -0.1) is 6.58 Å². The number of carboxylic acids is 1. The van der Waals surface area contributed by atoms with Crippen LogP contribution < -0.4 is 4.74 Å². The molecule has 0 aliphatic carbocycles. The Morgan fingerprint density at radius 2 is 2.28 bits per heavy atom. The fourth-order valence-electron chi connectivity index (χ4n) is 1.34. The molecule has 0 heterocycles. The second kappa shape index (κ2) is 7.18. The summed E-state index contributed by atoms with van der Waals surface area (Å²) in [7, 11) is 0. The maximum Gasteiger partial charge on any atom is 0.335 e. The van der Waals surface area contributed by atoms with Crippen molar-refractivity contribution in [1.29, 1.82) is 0 Å². The number of hydrogen-bond acceptors (Lipinski definition) is 3. The maximum absolute atomic E-state index is 10.9. The standard InChI is InChI=1S/C13H15BrO4/c1-3-4-17-8-9(2)18-12-6-10(13(15)16)5-11(14)7-12/h3,5-7,9H,1,4,8H2,2H3,(H,15,16). The van der Waals surface area contributed by atoms with Crippen molar-refractivity contribution in [3.05, 3.63) is 40.9 Å². The molecule has 1 atom stereocenters. The summed E-state index contributed by atoms with van der Waals surface area (Å²) in [5.41, 5.74) is 0.179. The van der Waals surface area contributed by atoms with E-state index < -0.39 is 5.97 Å². The molecule has 0 saturated heterocycles. The summed E-state index contributed by atoms with van der Waals surface area (Å²) in [4.78, 5) is 10.9. The van der Waals surface area contributed by atoms with E-state index in [0.29, 0.717) is 23.4 Å². The van der Waals surface area contributed by atoms with E-state index in [1.54, 1.807) is 12.1 Å². The molecule has 18 heavy (non-hydrogen) atoms. The number of rotatable bonds is 7. The molecule has 1 aromatic carbocycles. The predicted molar refractivity (Wildman–Crippen MR) is 72.2 cm³/mol. The first-order valence-corrected chi connectivity index (χ1v) is 6.21. The minimum Gasteiger partial charge on any atom is -0.488 e. The number of benzene rings is 1. The van der Waals surface area contributed by atoms with Gasteiger partial charge in [0.1, 0.15) is 11.9 Å². The second-order valence-corrected chi connectivity index (χ2v) is 4.65. The van der Waals surface area contributed by atoms with Crippen molar-refractivity contribution in [3.8, 4) is 5.75 Å². The largest absolute Gasteiger partial charge is 0.488 e. The molecule has 1 aromatic rings. The third-order valence-corrected chi connectivity index (χ3v) is 2.50. The number of carbonyl (C=O) groups is 1. The van der Waals surface area contributed by atoms with E-state index in [-0.39, 0.29) is 11.7 Å². The number of aromatic carboxylic acids is 1. The van der Waals surface area contributed by atoms with Gasteiger partial charge in [0, 0.05) is 4.47 Å². The van der Waals surface area contributed by atoms with Gasteiger partial charge in [-0.05, 0) is 25.1 Å². The van der Waals surface area contributed by atoms with Crippen molar-refractivity contribution in [1.82, 2.24) is 0 Å². The molecular weight excluding hydrogens is 300 g/mol. The summed E-state index contributed by atoms with van der Waals surface area (Å²) in [5, 5.41) is 8.93. The van der Waals surface area contributed by atoms with Crippen molar-refractivity contribution in [3.63, 3.8) is 0 Å². The van der Waals surface area contributed by atoms with E-state index in [1.807, 2.05) is 6.92 Å². The fourth-order valence-corrected chi connectivity index (χ4v) is 1.81. The van der Waals surface area contributed by atoms with Crippen molar-refractivity contribution in [2.24, 2.45) is 0 Å². The van der Waals surface area contributed by atoms with Crippen molar-refractivity contribution < 1.29 is 19.4 Å². The molecule has 0 saturated carbocycles. The zero-order chi connectivity index (χ0) is 13.5. The molecule has 0 amide bonds. The number of hydrogen-bond donors (Lipinski definition) is 1. The van der Waals surface area contributed by atoms with Crippen LogP contribution in [0.5, 0.6) is 5.75 Å². The molecule has 1 rings (SSSR count).